The molecule has 0 fully saturated rings. The van der Waals surface area contributed by atoms with Crippen LogP contribution >= 0.6 is 0 Å². The molecule has 17 heavy (non-hydrogen) atoms. The highest BCUT2D eigenvalue weighted by atomic mass is 16.5. The first-order valence-electron chi connectivity index (χ1n) is 6.45. The molecule has 2 heteroatoms. The summed E-state index contributed by atoms with van der Waals surface area (Å²) in [5.41, 5.74) is 2.52. The Morgan fingerprint density at radius 1 is 1.29 bits per heavy atom. The second-order valence-electron chi connectivity index (χ2n) is 4.95. The van der Waals surface area contributed by atoms with E-state index in [9.17, 15) is 0 Å². The van der Waals surface area contributed by atoms with Crippen molar-refractivity contribution in [3.8, 4) is 5.75 Å². The largest absolute Gasteiger partial charge is 0.496 e. The third-order valence-electron chi connectivity index (χ3n) is 3.24. The Bertz CT molecular complexity index is 347. The van der Waals surface area contributed by atoms with Crippen molar-refractivity contribution in [1.82, 2.24) is 5.32 Å². The van der Waals surface area contributed by atoms with E-state index < -0.39 is 0 Å². The van der Waals surface area contributed by atoms with E-state index in [-0.39, 0.29) is 0 Å². The standard InChI is InChI=1S/C15H25NO/c1-6-14(11(2)3)16-10-13-9-12(4)7-8-15(13)17-5/h7-9,11,14,16H,6,10H2,1-5H3. The average Bonchev–Trinajstić information content (AvgIpc) is 2.29. The molecule has 0 aromatic heterocycles. The summed E-state index contributed by atoms with van der Waals surface area (Å²) in [5, 5.41) is 3.61. The SMILES string of the molecule is CCC(NCc1cc(C)ccc1OC)C(C)C. The highest BCUT2D eigenvalue weighted by Crippen LogP contribution is 2.20. The Balaban J connectivity index is 2.70. The molecular formula is C15H25NO. The van der Waals surface area contributed by atoms with Gasteiger partial charge in [0.25, 0.3) is 0 Å². The van der Waals surface area contributed by atoms with Crippen molar-refractivity contribution < 1.29 is 4.74 Å². The second kappa shape index (κ2) is 6.65. The Kier molecular flexibility index (Phi) is 5.49. The normalized spacial score (nSPS) is 12.8. The molecule has 0 saturated heterocycles. The van der Waals surface area contributed by atoms with E-state index in [1.54, 1.807) is 7.11 Å². The number of methoxy groups -OCH3 is 1. The van der Waals surface area contributed by atoms with E-state index in [4.69, 9.17) is 4.74 Å². The number of benzene rings is 1. The molecule has 0 spiro atoms. The predicted molar refractivity (Wildman–Crippen MR) is 73.5 cm³/mol. The highest BCUT2D eigenvalue weighted by molar-refractivity contribution is 5.36. The Morgan fingerprint density at radius 2 is 2.00 bits per heavy atom. The smallest absolute Gasteiger partial charge is 0.123 e. The minimum absolute atomic E-state index is 0.570. The first-order chi connectivity index (χ1) is 8.08. The summed E-state index contributed by atoms with van der Waals surface area (Å²) >= 11 is 0. The lowest BCUT2D eigenvalue weighted by Gasteiger charge is -2.21. The van der Waals surface area contributed by atoms with Gasteiger partial charge in [0.2, 0.25) is 0 Å². The van der Waals surface area contributed by atoms with Crippen LogP contribution in [-0.2, 0) is 6.54 Å². The van der Waals surface area contributed by atoms with Crippen LogP contribution in [0.25, 0.3) is 0 Å². The molecular weight excluding hydrogens is 210 g/mol. The molecule has 0 heterocycles. The summed E-state index contributed by atoms with van der Waals surface area (Å²) in [6.07, 6.45) is 1.16. The molecule has 1 aromatic carbocycles. The van der Waals surface area contributed by atoms with Gasteiger partial charge >= 0.3 is 0 Å². The van der Waals surface area contributed by atoms with Crippen molar-refractivity contribution in [2.45, 2.75) is 46.7 Å². The molecule has 0 aliphatic carbocycles. The van der Waals surface area contributed by atoms with Gasteiger partial charge in [-0.2, -0.15) is 0 Å². The Labute approximate surface area is 105 Å². The quantitative estimate of drug-likeness (QED) is 0.814. The van der Waals surface area contributed by atoms with Crippen molar-refractivity contribution in [3.05, 3.63) is 29.3 Å². The van der Waals surface area contributed by atoms with Gasteiger partial charge in [-0.3, -0.25) is 0 Å². The van der Waals surface area contributed by atoms with Crippen LogP contribution < -0.4 is 10.1 Å². The summed E-state index contributed by atoms with van der Waals surface area (Å²) in [5.74, 6) is 1.64. The summed E-state index contributed by atoms with van der Waals surface area (Å²) in [6.45, 7) is 9.73. The molecule has 96 valence electrons. The topological polar surface area (TPSA) is 21.3 Å². The molecule has 1 atom stereocenters. The van der Waals surface area contributed by atoms with Gasteiger partial charge in [-0.15, -0.1) is 0 Å². The predicted octanol–water partition coefficient (Wildman–Crippen LogP) is 3.53. The van der Waals surface area contributed by atoms with E-state index in [0.717, 1.165) is 18.7 Å². The molecule has 0 aliphatic heterocycles. The minimum Gasteiger partial charge on any atom is -0.496 e. The molecule has 0 aliphatic rings. The summed E-state index contributed by atoms with van der Waals surface area (Å²) < 4.78 is 5.39. The fourth-order valence-corrected chi connectivity index (χ4v) is 2.14. The van der Waals surface area contributed by atoms with Gasteiger partial charge in [0, 0.05) is 18.2 Å². The second-order valence-corrected chi connectivity index (χ2v) is 4.95. The third kappa shape index (κ3) is 4.04. The van der Waals surface area contributed by atoms with E-state index in [0.29, 0.717) is 12.0 Å². The number of hydrogen-bond donors (Lipinski definition) is 1. The fourth-order valence-electron chi connectivity index (χ4n) is 2.14. The minimum atomic E-state index is 0.570. The average molecular weight is 235 g/mol. The van der Waals surface area contributed by atoms with Crippen LogP contribution in [0.1, 0.15) is 38.3 Å². The van der Waals surface area contributed by atoms with Crippen LogP contribution in [0.15, 0.2) is 18.2 Å². The summed E-state index contributed by atoms with van der Waals surface area (Å²) in [4.78, 5) is 0. The van der Waals surface area contributed by atoms with E-state index >= 15 is 0 Å². The molecule has 0 saturated carbocycles. The van der Waals surface area contributed by atoms with E-state index in [1.807, 2.05) is 6.07 Å². The van der Waals surface area contributed by atoms with Gasteiger partial charge in [0.15, 0.2) is 0 Å². The lowest BCUT2D eigenvalue weighted by atomic mass is 10.0. The van der Waals surface area contributed by atoms with Gasteiger partial charge in [-0.05, 0) is 25.3 Å². The number of nitrogens with one attached hydrogen (secondary N) is 1. The maximum absolute atomic E-state index is 5.39. The van der Waals surface area contributed by atoms with Crippen molar-refractivity contribution in [1.29, 1.82) is 0 Å². The molecule has 0 radical (unpaired) electrons. The van der Waals surface area contributed by atoms with Crippen LogP contribution in [0.2, 0.25) is 0 Å². The van der Waals surface area contributed by atoms with Crippen LogP contribution in [0.5, 0.6) is 5.75 Å². The zero-order chi connectivity index (χ0) is 12.8. The summed E-state index contributed by atoms with van der Waals surface area (Å²) in [7, 11) is 1.73. The first kappa shape index (κ1) is 14.0. The van der Waals surface area contributed by atoms with Crippen molar-refractivity contribution in [3.63, 3.8) is 0 Å². The fraction of sp³-hybridized carbons (Fsp3) is 0.600. The molecule has 1 aromatic rings. The van der Waals surface area contributed by atoms with Crippen molar-refractivity contribution in [2.75, 3.05) is 7.11 Å². The van der Waals surface area contributed by atoms with Gasteiger partial charge in [-0.1, -0.05) is 38.5 Å². The number of ether oxygens (including phenoxy) is 1. The molecule has 1 unspecified atom stereocenters. The van der Waals surface area contributed by atoms with Gasteiger partial charge in [0.1, 0.15) is 5.75 Å². The summed E-state index contributed by atoms with van der Waals surface area (Å²) in [6, 6.07) is 6.89. The lowest BCUT2D eigenvalue weighted by molar-refractivity contribution is 0.375. The van der Waals surface area contributed by atoms with Gasteiger partial charge < -0.3 is 10.1 Å². The van der Waals surface area contributed by atoms with Crippen molar-refractivity contribution in [2.24, 2.45) is 5.92 Å². The van der Waals surface area contributed by atoms with Crippen LogP contribution in [0.3, 0.4) is 0 Å². The number of rotatable bonds is 6. The third-order valence-corrected chi connectivity index (χ3v) is 3.24. The Morgan fingerprint density at radius 3 is 2.53 bits per heavy atom. The van der Waals surface area contributed by atoms with Gasteiger partial charge in [-0.25, -0.2) is 0 Å². The molecule has 1 rings (SSSR count). The molecule has 0 amide bonds. The highest BCUT2D eigenvalue weighted by Gasteiger charge is 2.11. The van der Waals surface area contributed by atoms with Crippen LogP contribution in [0, 0.1) is 12.8 Å². The van der Waals surface area contributed by atoms with Crippen LogP contribution in [-0.4, -0.2) is 13.2 Å². The lowest BCUT2D eigenvalue weighted by Crippen LogP contribution is -2.32. The zero-order valence-electron chi connectivity index (χ0n) is 11.7. The maximum atomic E-state index is 5.39. The monoisotopic (exact) mass is 235 g/mol. The first-order valence-corrected chi connectivity index (χ1v) is 6.45. The van der Waals surface area contributed by atoms with Crippen LogP contribution in [0.4, 0.5) is 0 Å². The van der Waals surface area contributed by atoms with Crippen molar-refractivity contribution >= 4 is 0 Å². The Hall–Kier alpha value is -1.02. The molecule has 0 bridgehead atoms. The number of aryl methyl sites for hydroxylation is 1. The zero-order valence-corrected chi connectivity index (χ0v) is 11.7. The van der Waals surface area contributed by atoms with E-state index in [1.165, 1.54) is 11.1 Å². The number of hydrogen-bond acceptors (Lipinski definition) is 2. The molecule has 2 nitrogen and oxygen atoms in total. The molecule has 1 N–H and O–H groups in total. The maximum Gasteiger partial charge on any atom is 0.123 e. The van der Waals surface area contributed by atoms with E-state index in [2.05, 4.69) is 45.1 Å². The van der Waals surface area contributed by atoms with Gasteiger partial charge in [0.05, 0.1) is 7.11 Å².